The first-order chi connectivity index (χ1) is 9.01. The van der Waals surface area contributed by atoms with E-state index in [4.69, 9.17) is 15.4 Å². The summed E-state index contributed by atoms with van der Waals surface area (Å²) in [6.07, 6.45) is 0. The average Bonchev–Trinajstić information content (AvgIpc) is 2.70. The van der Waals surface area contributed by atoms with E-state index in [1.54, 1.807) is 26.0 Å². The second-order valence-electron chi connectivity index (χ2n) is 4.02. The number of amides is 1. The van der Waals surface area contributed by atoms with Gasteiger partial charge in [0.05, 0.1) is 16.9 Å². The zero-order valence-corrected chi connectivity index (χ0v) is 10.5. The molecule has 0 saturated carbocycles. The molecule has 0 radical (unpaired) electrons. The first kappa shape index (κ1) is 12.6. The number of nitriles is 1. The minimum atomic E-state index is -0.445. The zero-order valence-electron chi connectivity index (χ0n) is 10.5. The molecule has 0 saturated heterocycles. The molecule has 1 amide bonds. The van der Waals surface area contributed by atoms with Crippen molar-refractivity contribution < 1.29 is 9.21 Å². The van der Waals surface area contributed by atoms with Crippen LogP contribution in [0.15, 0.2) is 22.6 Å². The summed E-state index contributed by atoms with van der Waals surface area (Å²) < 4.78 is 5.21. The lowest BCUT2D eigenvalue weighted by Gasteiger charge is -2.06. The number of carbonyl (C=O) groups is 1. The average molecular weight is 256 g/mol. The summed E-state index contributed by atoms with van der Waals surface area (Å²) >= 11 is 0. The number of nitrogens with zero attached hydrogens (tertiary/aromatic N) is 2. The van der Waals surface area contributed by atoms with Crippen LogP contribution in [-0.4, -0.2) is 10.9 Å². The minimum Gasteiger partial charge on any atom is -0.436 e. The zero-order chi connectivity index (χ0) is 14.0. The summed E-state index contributed by atoms with van der Waals surface area (Å²) in [7, 11) is 0. The van der Waals surface area contributed by atoms with E-state index in [1.807, 2.05) is 6.07 Å². The Morgan fingerprint density at radius 1 is 1.47 bits per heavy atom. The highest BCUT2D eigenvalue weighted by atomic mass is 16.4. The van der Waals surface area contributed by atoms with E-state index < -0.39 is 5.91 Å². The van der Waals surface area contributed by atoms with Crippen LogP contribution in [0.2, 0.25) is 0 Å². The van der Waals surface area contributed by atoms with Crippen LogP contribution in [0.4, 0.5) is 11.4 Å². The van der Waals surface area contributed by atoms with Crippen LogP contribution < -0.4 is 11.1 Å². The van der Waals surface area contributed by atoms with Gasteiger partial charge in [-0.1, -0.05) is 0 Å². The number of benzene rings is 1. The van der Waals surface area contributed by atoms with Crippen molar-refractivity contribution >= 4 is 17.3 Å². The number of carbonyl (C=O) groups excluding carboxylic acids is 1. The Labute approximate surface area is 109 Å². The number of nitrogens with two attached hydrogens (primary N) is 1. The van der Waals surface area contributed by atoms with E-state index >= 15 is 0 Å². The van der Waals surface area contributed by atoms with E-state index in [2.05, 4.69) is 10.3 Å². The van der Waals surface area contributed by atoms with Crippen LogP contribution in [0.5, 0.6) is 0 Å². The number of hydrogen-bond donors (Lipinski definition) is 2. The van der Waals surface area contributed by atoms with Gasteiger partial charge in [0.2, 0.25) is 5.76 Å². The number of nitrogen functional groups attached to an aromatic ring is 1. The van der Waals surface area contributed by atoms with Gasteiger partial charge in [0.1, 0.15) is 6.07 Å². The second kappa shape index (κ2) is 4.82. The number of anilines is 2. The van der Waals surface area contributed by atoms with Crippen LogP contribution in [0.25, 0.3) is 0 Å². The predicted octanol–water partition coefficient (Wildman–Crippen LogP) is 2.00. The number of nitrogens with one attached hydrogen (secondary N) is 1. The molecule has 6 nitrogen and oxygen atoms in total. The first-order valence-electron chi connectivity index (χ1n) is 5.56. The normalized spacial score (nSPS) is 9.95. The van der Waals surface area contributed by atoms with Gasteiger partial charge in [0.25, 0.3) is 5.91 Å². The van der Waals surface area contributed by atoms with E-state index in [1.165, 1.54) is 6.07 Å². The van der Waals surface area contributed by atoms with E-state index in [9.17, 15) is 4.79 Å². The van der Waals surface area contributed by atoms with Gasteiger partial charge in [0, 0.05) is 12.6 Å². The van der Waals surface area contributed by atoms with Crippen LogP contribution >= 0.6 is 0 Å². The van der Waals surface area contributed by atoms with Gasteiger partial charge < -0.3 is 15.5 Å². The smallest absolute Gasteiger partial charge is 0.293 e. The molecular formula is C13H12N4O2. The molecule has 0 aliphatic rings. The lowest BCUT2D eigenvalue weighted by Crippen LogP contribution is -2.13. The fraction of sp³-hybridized carbons (Fsp3) is 0.154. The molecule has 6 heteroatoms. The molecule has 0 bridgehead atoms. The minimum absolute atomic E-state index is 0.137. The number of aryl methyl sites for hydroxylation is 2. The van der Waals surface area contributed by atoms with E-state index in [0.717, 1.165) is 0 Å². The van der Waals surface area contributed by atoms with Crippen molar-refractivity contribution in [1.29, 1.82) is 5.26 Å². The molecular weight excluding hydrogens is 244 g/mol. The standard InChI is InChI=1S/C13H12N4O2/c1-7-12(19-8(2)16-7)13(18)17-11-4-3-10(15)5-9(11)6-14/h3-5H,15H2,1-2H3,(H,17,18). The second-order valence-corrected chi connectivity index (χ2v) is 4.02. The van der Waals surface area contributed by atoms with Gasteiger partial charge in [-0.15, -0.1) is 0 Å². The third-order valence-electron chi connectivity index (χ3n) is 2.52. The van der Waals surface area contributed by atoms with E-state index in [-0.39, 0.29) is 5.76 Å². The summed E-state index contributed by atoms with van der Waals surface area (Å²) in [6.45, 7) is 3.34. The summed E-state index contributed by atoms with van der Waals surface area (Å²) in [5.41, 5.74) is 7.22. The van der Waals surface area contributed by atoms with Crippen molar-refractivity contribution in [3.05, 3.63) is 41.1 Å². The van der Waals surface area contributed by atoms with Gasteiger partial charge in [-0.3, -0.25) is 4.79 Å². The lowest BCUT2D eigenvalue weighted by molar-refractivity contribution is 0.0994. The molecule has 0 atom stereocenters. The highest BCUT2D eigenvalue weighted by molar-refractivity contribution is 6.03. The molecule has 0 fully saturated rings. The summed E-state index contributed by atoms with van der Waals surface area (Å²) in [6, 6.07) is 6.65. The maximum atomic E-state index is 12.0. The van der Waals surface area contributed by atoms with Crippen molar-refractivity contribution in [1.82, 2.24) is 4.98 Å². The third kappa shape index (κ3) is 2.55. The van der Waals surface area contributed by atoms with Crippen molar-refractivity contribution in [3.8, 4) is 6.07 Å². The number of oxazole rings is 1. The Kier molecular flexibility index (Phi) is 3.21. The SMILES string of the molecule is Cc1nc(C)c(C(=O)Nc2ccc(N)cc2C#N)o1. The van der Waals surface area contributed by atoms with Crippen molar-refractivity contribution in [2.24, 2.45) is 0 Å². The van der Waals surface area contributed by atoms with Gasteiger partial charge in [-0.05, 0) is 25.1 Å². The van der Waals surface area contributed by atoms with Gasteiger partial charge in [-0.2, -0.15) is 5.26 Å². The fourth-order valence-corrected chi connectivity index (χ4v) is 1.68. The summed E-state index contributed by atoms with van der Waals surface area (Å²) in [5, 5.41) is 11.6. The Morgan fingerprint density at radius 3 is 2.79 bits per heavy atom. The maximum Gasteiger partial charge on any atom is 0.293 e. The molecule has 1 heterocycles. The van der Waals surface area contributed by atoms with Gasteiger partial charge in [0.15, 0.2) is 5.89 Å². The van der Waals surface area contributed by atoms with Crippen molar-refractivity contribution in [2.45, 2.75) is 13.8 Å². The Hall–Kier alpha value is -2.81. The molecule has 2 aromatic rings. The molecule has 2 rings (SSSR count). The molecule has 19 heavy (non-hydrogen) atoms. The number of rotatable bonds is 2. The molecule has 0 aliphatic carbocycles. The van der Waals surface area contributed by atoms with Crippen LogP contribution in [-0.2, 0) is 0 Å². The fourth-order valence-electron chi connectivity index (χ4n) is 1.68. The van der Waals surface area contributed by atoms with Crippen LogP contribution in [0.1, 0.15) is 27.7 Å². The number of hydrogen-bond acceptors (Lipinski definition) is 5. The number of aromatic nitrogens is 1. The Bertz CT molecular complexity index is 682. The summed E-state index contributed by atoms with van der Waals surface area (Å²) in [5.74, 6) is 0.109. The molecule has 96 valence electrons. The van der Waals surface area contributed by atoms with Crippen molar-refractivity contribution in [3.63, 3.8) is 0 Å². The molecule has 0 spiro atoms. The molecule has 1 aromatic heterocycles. The van der Waals surface area contributed by atoms with Crippen LogP contribution in [0, 0.1) is 25.2 Å². The largest absolute Gasteiger partial charge is 0.436 e. The molecule has 0 aliphatic heterocycles. The predicted molar refractivity (Wildman–Crippen MR) is 69.5 cm³/mol. The maximum absolute atomic E-state index is 12.0. The van der Waals surface area contributed by atoms with Crippen LogP contribution in [0.3, 0.4) is 0 Å². The van der Waals surface area contributed by atoms with Gasteiger partial charge >= 0.3 is 0 Å². The lowest BCUT2D eigenvalue weighted by atomic mass is 10.1. The highest BCUT2D eigenvalue weighted by Gasteiger charge is 2.17. The third-order valence-corrected chi connectivity index (χ3v) is 2.52. The monoisotopic (exact) mass is 256 g/mol. The highest BCUT2D eigenvalue weighted by Crippen LogP contribution is 2.19. The van der Waals surface area contributed by atoms with Crippen molar-refractivity contribution in [2.75, 3.05) is 11.1 Å². The van der Waals surface area contributed by atoms with E-state index in [0.29, 0.717) is 28.5 Å². The Balaban J connectivity index is 2.29. The molecule has 3 N–H and O–H groups in total. The quantitative estimate of drug-likeness (QED) is 0.799. The Morgan fingerprint density at radius 2 is 2.21 bits per heavy atom. The summed E-state index contributed by atoms with van der Waals surface area (Å²) in [4.78, 5) is 16.0. The topological polar surface area (TPSA) is 105 Å². The first-order valence-corrected chi connectivity index (χ1v) is 5.56. The van der Waals surface area contributed by atoms with Gasteiger partial charge in [-0.25, -0.2) is 4.98 Å². The molecule has 0 unspecified atom stereocenters. The molecule has 1 aromatic carbocycles.